The highest BCUT2D eigenvalue weighted by molar-refractivity contribution is 5.97. The van der Waals surface area contributed by atoms with Gasteiger partial charge in [0.2, 0.25) is 0 Å². The fourth-order valence-electron chi connectivity index (χ4n) is 1.85. The molecule has 2 aromatic rings. The van der Waals surface area contributed by atoms with Crippen molar-refractivity contribution in [3.63, 3.8) is 0 Å². The van der Waals surface area contributed by atoms with Crippen molar-refractivity contribution in [1.29, 1.82) is 5.26 Å². The van der Waals surface area contributed by atoms with Gasteiger partial charge in [-0.05, 0) is 42.5 Å². The van der Waals surface area contributed by atoms with Crippen LogP contribution >= 0.6 is 0 Å². The largest absolute Gasteiger partial charge is 0.484 e. The Morgan fingerprint density at radius 2 is 1.91 bits per heavy atom. The lowest BCUT2D eigenvalue weighted by molar-refractivity contribution is -0.118. The van der Waals surface area contributed by atoms with Crippen molar-refractivity contribution in [3.05, 3.63) is 59.7 Å². The molecule has 0 heterocycles. The number of benzene rings is 2. The summed E-state index contributed by atoms with van der Waals surface area (Å²) in [5, 5.41) is 13.9. The monoisotopic (exact) mass is 309 g/mol. The molecule has 116 valence electrons. The van der Waals surface area contributed by atoms with Gasteiger partial charge in [-0.3, -0.25) is 9.59 Å². The highest BCUT2D eigenvalue weighted by atomic mass is 16.5. The van der Waals surface area contributed by atoms with E-state index in [-0.39, 0.29) is 18.4 Å². The number of carbonyl (C=O) groups excluding carboxylic acids is 2. The predicted octanol–water partition coefficient (Wildman–Crippen LogP) is 1.94. The molecule has 2 aromatic carbocycles. The maximum atomic E-state index is 11.9. The van der Waals surface area contributed by atoms with Gasteiger partial charge in [-0.25, -0.2) is 0 Å². The Morgan fingerprint density at radius 3 is 2.57 bits per heavy atom. The molecule has 0 spiro atoms. The van der Waals surface area contributed by atoms with E-state index in [4.69, 9.17) is 10.00 Å². The highest BCUT2D eigenvalue weighted by Gasteiger charge is 2.07. The Morgan fingerprint density at radius 1 is 1.17 bits per heavy atom. The topological polar surface area (TPSA) is 91.2 Å². The predicted molar refractivity (Wildman–Crippen MR) is 85.1 cm³/mol. The molecule has 6 nitrogen and oxygen atoms in total. The maximum absolute atomic E-state index is 11.9. The average Bonchev–Trinajstić information content (AvgIpc) is 2.60. The first-order valence-corrected chi connectivity index (χ1v) is 6.87. The minimum absolute atomic E-state index is 0.171. The number of ether oxygens (including phenoxy) is 1. The van der Waals surface area contributed by atoms with Gasteiger partial charge in [0, 0.05) is 18.3 Å². The van der Waals surface area contributed by atoms with Crippen molar-refractivity contribution >= 4 is 17.5 Å². The van der Waals surface area contributed by atoms with Gasteiger partial charge < -0.3 is 15.4 Å². The molecule has 0 unspecified atom stereocenters. The SMILES string of the molecule is CNC(=O)c1cccc(NC(=O)COc2ccc(C#N)cc2)c1. The molecule has 2 N–H and O–H groups in total. The Hall–Kier alpha value is -3.33. The standard InChI is InChI=1S/C17H15N3O3/c1-19-17(22)13-3-2-4-14(9-13)20-16(21)11-23-15-7-5-12(10-18)6-8-15/h2-9H,11H2,1H3,(H,19,22)(H,20,21). The van der Waals surface area contributed by atoms with Crippen molar-refractivity contribution in [2.24, 2.45) is 0 Å². The zero-order valence-electron chi connectivity index (χ0n) is 12.5. The lowest BCUT2D eigenvalue weighted by Crippen LogP contribution is -2.21. The molecular weight excluding hydrogens is 294 g/mol. The molecule has 2 rings (SSSR count). The van der Waals surface area contributed by atoms with Gasteiger partial charge >= 0.3 is 0 Å². The molecule has 2 amide bonds. The zero-order chi connectivity index (χ0) is 16.7. The summed E-state index contributed by atoms with van der Waals surface area (Å²) in [6, 6.07) is 15.1. The Bertz CT molecular complexity index is 748. The number of anilines is 1. The third-order valence-electron chi connectivity index (χ3n) is 2.99. The molecule has 0 bridgehead atoms. The van der Waals surface area contributed by atoms with E-state index >= 15 is 0 Å². The van der Waals surface area contributed by atoms with Crippen LogP contribution in [-0.2, 0) is 4.79 Å². The van der Waals surface area contributed by atoms with Crippen LogP contribution in [0.15, 0.2) is 48.5 Å². The molecule has 0 atom stereocenters. The summed E-state index contributed by atoms with van der Waals surface area (Å²) in [6.07, 6.45) is 0. The molecule has 0 saturated heterocycles. The smallest absolute Gasteiger partial charge is 0.262 e. The van der Waals surface area contributed by atoms with E-state index in [1.54, 1.807) is 55.6 Å². The fraction of sp³-hybridized carbons (Fsp3) is 0.118. The van der Waals surface area contributed by atoms with Crippen LogP contribution in [0.4, 0.5) is 5.69 Å². The molecule has 0 aliphatic carbocycles. The minimum Gasteiger partial charge on any atom is -0.484 e. The van der Waals surface area contributed by atoms with Crippen LogP contribution in [0.3, 0.4) is 0 Å². The van der Waals surface area contributed by atoms with Crippen molar-refractivity contribution < 1.29 is 14.3 Å². The van der Waals surface area contributed by atoms with E-state index in [2.05, 4.69) is 10.6 Å². The second kappa shape index (κ2) is 7.61. The van der Waals surface area contributed by atoms with E-state index < -0.39 is 0 Å². The molecule has 0 aliphatic heterocycles. The molecule has 23 heavy (non-hydrogen) atoms. The molecule has 0 radical (unpaired) electrons. The zero-order valence-corrected chi connectivity index (χ0v) is 12.5. The van der Waals surface area contributed by atoms with E-state index in [0.717, 1.165) is 0 Å². The van der Waals surface area contributed by atoms with Crippen molar-refractivity contribution in [2.45, 2.75) is 0 Å². The van der Waals surface area contributed by atoms with Crippen molar-refractivity contribution in [3.8, 4) is 11.8 Å². The number of nitrogens with one attached hydrogen (secondary N) is 2. The number of amides is 2. The maximum Gasteiger partial charge on any atom is 0.262 e. The van der Waals surface area contributed by atoms with E-state index in [0.29, 0.717) is 22.6 Å². The molecule has 0 saturated carbocycles. The number of carbonyl (C=O) groups is 2. The second-order valence-corrected chi connectivity index (χ2v) is 4.63. The summed E-state index contributed by atoms with van der Waals surface area (Å²) in [5.74, 6) is -0.0726. The van der Waals surface area contributed by atoms with Crippen molar-refractivity contribution in [2.75, 3.05) is 19.0 Å². The molecule has 0 fully saturated rings. The number of hydrogen-bond donors (Lipinski definition) is 2. The summed E-state index contributed by atoms with van der Waals surface area (Å²) in [7, 11) is 1.54. The van der Waals surface area contributed by atoms with E-state index in [1.807, 2.05) is 6.07 Å². The van der Waals surface area contributed by atoms with Gasteiger partial charge in [-0.2, -0.15) is 5.26 Å². The van der Waals surface area contributed by atoms with Gasteiger partial charge in [-0.15, -0.1) is 0 Å². The van der Waals surface area contributed by atoms with Crippen LogP contribution in [0.1, 0.15) is 15.9 Å². The van der Waals surface area contributed by atoms with Crippen LogP contribution < -0.4 is 15.4 Å². The number of hydrogen-bond acceptors (Lipinski definition) is 4. The Labute approximate surface area is 133 Å². The van der Waals surface area contributed by atoms with E-state index in [9.17, 15) is 9.59 Å². The summed E-state index contributed by atoms with van der Waals surface area (Å²) in [5.41, 5.74) is 1.49. The molecule has 6 heteroatoms. The van der Waals surface area contributed by atoms with Crippen LogP contribution in [0, 0.1) is 11.3 Å². The van der Waals surface area contributed by atoms with Crippen molar-refractivity contribution in [1.82, 2.24) is 5.32 Å². The van der Waals surface area contributed by atoms with Gasteiger partial charge in [0.15, 0.2) is 6.61 Å². The Kier molecular flexibility index (Phi) is 5.31. The first kappa shape index (κ1) is 16.0. The summed E-state index contributed by atoms with van der Waals surface area (Å²) < 4.78 is 5.34. The minimum atomic E-state index is -0.344. The first-order valence-electron chi connectivity index (χ1n) is 6.87. The van der Waals surface area contributed by atoms with Gasteiger partial charge in [-0.1, -0.05) is 6.07 Å². The Balaban J connectivity index is 1.91. The van der Waals surface area contributed by atoms with Gasteiger partial charge in [0.25, 0.3) is 11.8 Å². The van der Waals surface area contributed by atoms with Crippen LogP contribution in [-0.4, -0.2) is 25.5 Å². The summed E-state index contributed by atoms with van der Waals surface area (Å²) in [4.78, 5) is 23.4. The van der Waals surface area contributed by atoms with Gasteiger partial charge in [0.05, 0.1) is 11.6 Å². The fourth-order valence-corrected chi connectivity index (χ4v) is 1.85. The second-order valence-electron chi connectivity index (χ2n) is 4.63. The quantitative estimate of drug-likeness (QED) is 0.883. The third-order valence-corrected chi connectivity index (χ3v) is 2.99. The normalized spacial score (nSPS) is 9.57. The lowest BCUT2D eigenvalue weighted by Gasteiger charge is -2.08. The molecule has 0 aromatic heterocycles. The highest BCUT2D eigenvalue weighted by Crippen LogP contribution is 2.13. The number of nitriles is 1. The molecular formula is C17H15N3O3. The lowest BCUT2D eigenvalue weighted by atomic mass is 10.2. The summed E-state index contributed by atoms with van der Waals surface area (Å²) >= 11 is 0. The first-order chi connectivity index (χ1) is 11.1. The number of rotatable bonds is 5. The van der Waals surface area contributed by atoms with Gasteiger partial charge in [0.1, 0.15) is 5.75 Å². The van der Waals surface area contributed by atoms with Crippen LogP contribution in [0.5, 0.6) is 5.75 Å². The third kappa shape index (κ3) is 4.58. The molecule has 0 aliphatic rings. The average molecular weight is 309 g/mol. The van der Waals surface area contributed by atoms with Crippen LogP contribution in [0.25, 0.3) is 0 Å². The van der Waals surface area contributed by atoms with E-state index in [1.165, 1.54) is 0 Å². The summed E-state index contributed by atoms with van der Waals surface area (Å²) in [6.45, 7) is -0.171. The number of nitrogens with zero attached hydrogens (tertiary/aromatic N) is 1. The van der Waals surface area contributed by atoms with Crippen LogP contribution in [0.2, 0.25) is 0 Å².